The molecule has 2 rings (SSSR count). The lowest BCUT2D eigenvalue weighted by Crippen LogP contribution is -2.18. The highest BCUT2D eigenvalue weighted by molar-refractivity contribution is 5.34. The normalized spacial score (nSPS) is 12.4. The minimum atomic E-state index is 0.267. The summed E-state index contributed by atoms with van der Waals surface area (Å²) >= 11 is 0. The minimum Gasteiger partial charge on any atom is -0.469 e. The molecule has 0 bridgehead atoms. The Balaban J connectivity index is 1.92. The first-order valence-electron chi connectivity index (χ1n) is 5.33. The maximum Gasteiger partial charge on any atom is 0.148 e. The van der Waals surface area contributed by atoms with Crippen molar-refractivity contribution in [1.82, 2.24) is 10.2 Å². The number of nitrogens with one attached hydrogen (secondary N) is 1. The zero-order valence-corrected chi connectivity index (χ0v) is 9.47. The van der Waals surface area contributed by atoms with Gasteiger partial charge in [0.1, 0.15) is 11.6 Å². The molecule has 0 aliphatic carbocycles. The molecule has 0 spiro atoms. The van der Waals surface area contributed by atoms with Gasteiger partial charge in [-0.25, -0.2) is 0 Å². The first-order valence-corrected chi connectivity index (χ1v) is 5.33. The Morgan fingerprint density at radius 1 is 1.31 bits per heavy atom. The van der Waals surface area contributed by atoms with Gasteiger partial charge in [-0.05, 0) is 38.1 Å². The fourth-order valence-corrected chi connectivity index (χ4v) is 1.51. The Morgan fingerprint density at radius 2 is 2.19 bits per heavy atom. The Morgan fingerprint density at radius 3 is 2.81 bits per heavy atom. The van der Waals surface area contributed by atoms with Gasteiger partial charge in [0.15, 0.2) is 0 Å². The molecule has 0 aliphatic heterocycles. The number of aromatic nitrogens is 2. The number of furan rings is 1. The first kappa shape index (κ1) is 10.7. The highest BCUT2D eigenvalue weighted by atomic mass is 16.3. The van der Waals surface area contributed by atoms with Crippen LogP contribution in [0.2, 0.25) is 0 Å². The zero-order chi connectivity index (χ0) is 11.4. The van der Waals surface area contributed by atoms with E-state index in [9.17, 15) is 0 Å². The largest absolute Gasteiger partial charge is 0.469 e. The van der Waals surface area contributed by atoms with Crippen molar-refractivity contribution in [3.63, 3.8) is 0 Å². The average Bonchev–Trinajstić information content (AvgIpc) is 2.74. The number of hydrogen-bond acceptors (Lipinski definition) is 4. The van der Waals surface area contributed by atoms with Crippen molar-refractivity contribution < 1.29 is 4.42 Å². The summed E-state index contributed by atoms with van der Waals surface area (Å²) in [5, 5.41) is 11.3. The summed E-state index contributed by atoms with van der Waals surface area (Å²) in [4.78, 5) is 0. The van der Waals surface area contributed by atoms with E-state index in [1.165, 1.54) is 0 Å². The number of anilines is 1. The number of aryl methyl sites for hydroxylation is 1. The van der Waals surface area contributed by atoms with Gasteiger partial charge in [-0.3, -0.25) is 0 Å². The number of rotatable bonds is 4. The Kier molecular flexibility index (Phi) is 3.19. The lowest BCUT2D eigenvalue weighted by Gasteiger charge is -2.12. The van der Waals surface area contributed by atoms with E-state index in [2.05, 4.69) is 22.4 Å². The van der Waals surface area contributed by atoms with Crippen molar-refractivity contribution in [2.24, 2.45) is 0 Å². The number of nitrogens with zero attached hydrogens (tertiary/aromatic N) is 2. The minimum absolute atomic E-state index is 0.267. The molecular formula is C12H15N3O. The van der Waals surface area contributed by atoms with E-state index < -0.39 is 0 Å². The molecule has 4 nitrogen and oxygen atoms in total. The third-order valence-corrected chi connectivity index (χ3v) is 2.28. The molecule has 0 aromatic carbocycles. The second kappa shape index (κ2) is 4.79. The molecule has 0 fully saturated rings. The van der Waals surface area contributed by atoms with Gasteiger partial charge in [-0.1, -0.05) is 0 Å². The Bertz CT molecular complexity index is 422. The van der Waals surface area contributed by atoms with E-state index >= 15 is 0 Å². The van der Waals surface area contributed by atoms with Gasteiger partial charge < -0.3 is 9.73 Å². The first-order chi connectivity index (χ1) is 7.74. The molecule has 2 heterocycles. The van der Waals surface area contributed by atoms with Crippen molar-refractivity contribution in [2.45, 2.75) is 26.3 Å². The molecular weight excluding hydrogens is 202 g/mol. The van der Waals surface area contributed by atoms with Crippen LogP contribution in [0.25, 0.3) is 0 Å². The SMILES string of the molecule is Cc1ccc(NC(C)Cc2ccco2)nn1. The predicted octanol–water partition coefficient (Wildman–Crippen LogP) is 2.42. The van der Waals surface area contributed by atoms with Gasteiger partial charge in [-0.15, -0.1) is 5.10 Å². The molecule has 0 saturated carbocycles. The fraction of sp³-hybridized carbons (Fsp3) is 0.333. The van der Waals surface area contributed by atoms with Crippen molar-refractivity contribution in [2.75, 3.05) is 5.32 Å². The smallest absolute Gasteiger partial charge is 0.148 e. The monoisotopic (exact) mass is 217 g/mol. The Labute approximate surface area is 94.7 Å². The van der Waals surface area contributed by atoms with Gasteiger partial charge in [0, 0.05) is 12.5 Å². The van der Waals surface area contributed by atoms with Crippen LogP contribution in [0, 0.1) is 6.92 Å². The summed E-state index contributed by atoms with van der Waals surface area (Å²) < 4.78 is 5.28. The van der Waals surface area contributed by atoms with Crippen molar-refractivity contribution in [3.8, 4) is 0 Å². The number of hydrogen-bond donors (Lipinski definition) is 1. The van der Waals surface area contributed by atoms with Gasteiger partial charge >= 0.3 is 0 Å². The summed E-state index contributed by atoms with van der Waals surface area (Å²) in [5.41, 5.74) is 0.921. The molecule has 0 radical (unpaired) electrons. The molecule has 0 saturated heterocycles. The third-order valence-electron chi connectivity index (χ3n) is 2.28. The third kappa shape index (κ3) is 2.82. The van der Waals surface area contributed by atoms with E-state index in [-0.39, 0.29) is 6.04 Å². The molecule has 1 unspecified atom stereocenters. The highest BCUT2D eigenvalue weighted by Gasteiger charge is 2.06. The summed E-state index contributed by atoms with van der Waals surface area (Å²) in [7, 11) is 0. The van der Waals surface area contributed by atoms with E-state index in [0.717, 1.165) is 23.7 Å². The molecule has 2 aromatic heterocycles. The van der Waals surface area contributed by atoms with Crippen molar-refractivity contribution >= 4 is 5.82 Å². The van der Waals surface area contributed by atoms with E-state index in [1.54, 1.807) is 6.26 Å². The van der Waals surface area contributed by atoms with E-state index in [4.69, 9.17) is 4.42 Å². The van der Waals surface area contributed by atoms with Gasteiger partial charge in [0.2, 0.25) is 0 Å². The van der Waals surface area contributed by atoms with Gasteiger partial charge in [0.05, 0.1) is 12.0 Å². The van der Waals surface area contributed by atoms with Crippen LogP contribution >= 0.6 is 0 Å². The second-order valence-electron chi connectivity index (χ2n) is 3.89. The topological polar surface area (TPSA) is 51.0 Å². The average molecular weight is 217 g/mol. The van der Waals surface area contributed by atoms with Crippen LogP contribution in [0.3, 0.4) is 0 Å². The maximum atomic E-state index is 5.28. The predicted molar refractivity (Wildman–Crippen MR) is 62.3 cm³/mol. The van der Waals surface area contributed by atoms with Gasteiger partial charge in [-0.2, -0.15) is 5.10 Å². The van der Waals surface area contributed by atoms with Gasteiger partial charge in [0.25, 0.3) is 0 Å². The molecule has 2 aromatic rings. The molecule has 0 aliphatic rings. The Hall–Kier alpha value is -1.84. The molecule has 16 heavy (non-hydrogen) atoms. The van der Waals surface area contributed by atoms with Crippen LogP contribution in [0.4, 0.5) is 5.82 Å². The van der Waals surface area contributed by atoms with Crippen molar-refractivity contribution in [3.05, 3.63) is 42.0 Å². The summed E-state index contributed by atoms with van der Waals surface area (Å²) in [6, 6.07) is 8.01. The van der Waals surface area contributed by atoms with Crippen LogP contribution < -0.4 is 5.32 Å². The van der Waals surface area contributed by atoms with E-state index in [1.807, 2.05) is 31.2 Å². The van der Waals surface area contributed by atoms with Crippen molar-refractivity contribution in [1.29, 1.82) is 0 Å². The standard InChI is InChI=1S/C12H15N3O/c1-9-5-6-12(15-14-9)13-10(2)8-11-4-3-7-16-11/h3-7,10H,8H2,1-2H3,(H,13,15). The molecule has 84 valence electrons. The summed E-state index contributed by atoms with van der Waals surface area (Å²) in [5.74, 6) is 1.77. The zero-order valence-electron chi connectivity index (χ0n) is 9.47. The van der Waals surface area contributed by atoms with Crippen LogP contribution in [0.5, 0.6) is 0 Å². The van der Waals surface area contributed by atoms with Crippen LogP contribution in [-0.2, 0) is 6.42 Å². The summed E-state index contributed by atoms with van der Waals surface area (Å²) in [6.45, 7) is 4.01. The van der Waals surface area contributed by atoms with Crippen LogP contribution in [-0.4, -0.2) is 16.2 Å². The quantitative estimate of drug-likeness (QED) is 0.854. The molecule has 4 heteroatoms. The van der Waals surface area contributed by atoms with Crippen LogP contribution in [0.15, 0.2) is 34.9 Å². The van der Waals surface area contributed by atoms with Crippen LogP contribution in [0.1, 0.15) is 18.4 Å². The maximum absolute atomic E-state index is 5.28. The highest BCUT2D eigenvalue weighted by Crippen LogP contribution is 2.08. The molecule has 1 N–H and O–H groups in total. The van der Waals surface area contributed by atoms with E-state index in [0.29, 0.717) is 0 Å². The second-order valence-corrected chi connectivity index (χ2v) is 3.89. The lowest BCUT2D eigenvalue weighted by atomic mass is 10.2. The lowest BCUT2D eigenvalue weighted by molar-refractivity contribution is 0.497. The fourth-order valence-electron chi connectivity index (χ4n) is 1.51. The molecule has 1 atom stereocenters. The molecule has 0 amide bonds. The summed E-state index contributed by atoms with van der Waals surface area (Å²) in [6.07, 6.45) is 2.52.